The van der Waals surface area contributed by atoms with Crippen LogP contribution in [0.4, 0.5) is 5.69 Å². The maximum absolute atomic E-state index is 12.7. The van der Waals surface area contributed by atoms with Gasteiger partial charge < -0.3 is 10.0 Å². The minimum absolute atomic E-state index is 0.0824. The topological polar surface area (TPSA) is 131 Å². The summed E-state index contributed by atoms with van der Waals surface area (Å²) >= 11 is 0. The molecule has 136 valence electrons. The van der Waals surface area contributed by atoms with E-state index < -0.39 is 16.8 Å². The van der Waals surface area contributed by atoms with Crippen LogP contribution in [0.5, 0.6) is 0 Å². The van der Waals surface area contributed by atoms with Crippen LogP contribution in [0, 0.1) is 23.0 Å². The zero-order valence-corrected chi connectivity index (χ0v) is 14.0. The number of nitro benzene ring substituents is 1. The molecule has 1 aliphatic heterocycles. The normalized spacial score (nSPS) is 15.0. The van der Waals surface area contributed by atoms with Gasteiger partial charge in [0.05, 0.1) is 22.2 Å². The molecule has 1 amide bonds. The molecular weight excluding hydrogens is 342 g/mol. The quantitative estimate of drug-likeness (QED) is 0.645. The molecular formula is C16H17N5O5. The van der Waals surface area contributed by atoms with E-state index in [1.807, 2.05) is 0 Å². The van der Waals surface area contributed by atoms with Crippen molar-refractivity contribution >= 4 is 17.6 Å². The maximum Gasteiger partial charge on any atom is 0.306 e. The second kappa shape index (κ2) is 6.90. The number of likely N-dealkylation sites (tertiary alicyclic amines) is 1. The highest BCUT2D eigenvalue weighted by Crippen LogP contribution is 2.22. The van der Waals surface area contributed by atoms with E-state index in [1.54, 1.807) is 17.9 Å². The van der Waals surface area contributed by atoms with Gasteiger partial charge in [0, 0.05) is 25.2 Å². The lowest BCUT2D eigenvalue weighted by Crippen LogP contribution is -2.40. The molecule has 1 fully saturated rings. The molecule has 2 heterocycles. The SMILES string of the molecule is Cc1c(C(=O)N2CCC(C(=O)O)CC2)nnn1-c1cccc([N+](=O)[O-])c1. The molecule has 1 aliphatic rings. The van der Waals surface area contributed by atoms with E-state index in [0.717, 1.165) is 0 Å². The van der Waals surface area contributed by atoms with Crippen LogP contribution in [0.25, 0.3) is 5.69 Å². The number of carbonyl (C=O) groups excluding carboxylic acids is 1. The van der Waals surface area contributed by atoms with Gasteiger partial charge in [-0.2, -0.15) is 0 Å². The predicted octanol–water partition coefficient (Wildman–Crippen LogP) is 1.42. The molecule has 0 saturated carbocycles. The first-order chi connectivity index (χ1) is 12.4. The third kappa shape index (κ3) is 3.25. The molecule has 1 saturated heterocycles. The highest BCUT2D eigenvalue weighted by molar-refractivity contribution is 5.93. The summed E-state index contributed by atoms with van der Waals surface area (Å²) in [5, 5.41) is 27.8. The molecule has 0 bridgehead atoms. The molecule has 1 aromatic heterocycles. The lowest BCUT2D eigenvalue weighted by atomic mass is 9.97. The van der Waals surface area contributed by atoms with Crippen LogP contribution in [-0.4, -0.2) is 54.9 Å². The fourth-order valence-corrected chi connectivity index (χ4v) is 2.99. The Labute approximate surface area is 148 Å². The van der Waals surface area contributed by atoms with Crippen molar-refractivity contribution in [3.05, 3.63) is 45.8 Å². The Hall–Kier alpha value is -3.30. The Morgan fingerprint density at radius 2 is 2.00 bits per heavy atom. The Morgan fingerprint density at radius 3 is 2.62 bits per heavy atom. The van der Waals surface area contributed by atoms with Gasteiger partial charge in [-0.3, -0.25) is 19.7 Å². The first-order valence-corrected chi connectivity index (χ1v) is 8.07. The van der Waals surface area contributed by atoms with E-state index in [1.165, 1.54) is 22.9 Å². The predicted molar refractivity (Wildman–Crippen MR) is 89.0 cm³/mol. The lowest BCUT2D eigenvalue weighted by Gasteiger charge is -2.29. The number of carbonyl (C=O) groups is 2. The standard InChI is InChI=1S/C16H17N5O5/c1-10-14(15(22)19-7-5-11(6-8-19)16(23)24)17-18-20(10)12-3-2-4-13(9-12)21(25)26/h2-4,9,11H,5-8H2,1H3,(H,23,24). The lowest BCUT2D eigenvalue weighted by molar-refractivity contribution is -0.384. The monoisotopic (exact) mass is 359 g/mol. The minimum Gasteiger partial charge on any atom is -0.481 e. The first-order valence-electron chi connectivity index (χ1n) is 8.07. The molecule has 2 aromatic rings. The van der Waals surface area contributed by atoms with Gasteiger partial charge in [-0.15, -0.1) is 5.10 Å². The molecule has 0 unspecified atom stereocenters. The smallest absolute Gasteiger partial charge is 0.306 e. The van der Waals surface area contributed by atoms with Crippen molar-refractivity contribution in [1.82, 2.24) is 19.9 Å². The number of piperidine rings is 1. The number of carboxylic acid groups (broad SMARTS) is 1. The summed E-state index contributed by atoms with van der Waals surface area (Å²) in [6.07, 6.45) is 0.804. The third-order valence-electron chi connectivity index (χ3n) is 4.51. The molecule has 0 aliphatic carbocycles. The van der Waals surface area contributed by atoms with E-state index in [2.05, 4.69) is 10.3 Å². The van der Waals surface area contributed by atoms with Gasteiger partial charge in [-0.1, -0.05) is 11.3 Å². The number of carboxylic acids is 1. The molecule has 0 atom stereocenters. The summed E-state index contributed by atoms with van der Waals surface area (Å²) in [6.45, 7) is 2.36. The number of amides is 1. The van der Waals surface area contributed by atoms with Crippen LogP contribution in [0.15, 0.2) is 24.3 Å². The van der Waals surface area contributed by atoms with Crippen LogP contribution in [-0.2, 0) is 4.79 Å². The zero-order valence-electron chi connectivity index (χ0n) is 14.0. The first kappa shape index (κ1) is 17.5. The van der Waals surface area contributed by atoms with E-state index in [9.17, 15) is 19.7 Å². The van der Waals surface area contributed by atoms with Crippen LogP contribution < -0.4 is 0 Å². The van der Waals surface area contributed by atoms with E-state index in [0.29, 0.717) is 37.3 Å². The molecule has 1 aromatic carbocycles. The second-order valence-electron chi connectivity index (χ2n) is 6.12. The average molecular weight is 359 g/mol. The molecule has 26 heavy (non-hydrogen) atoms. The van der Waals surface area contributed by atoms with Gasteiger partial charge in [-0.25, -0.2) is 4.68 Å². The van der Waals surface area contributed by atoms with Crippen molar-refractivity contribution in [2.75, 3.05) is 13.1 Å². The number of benzene rings is 1. The Morgan fingerprint density at radius 1 is 1.31 bits per heavy atom. The number of nitrogens with zero attached hydrogens (tertiary/aromatic N) is 5. The van der Waals surface area contributed by atoms with Crippen molar-refractivity contribution < 1.29 is 19.6 Å². The summed E-state index contributed by atoms with van der Waals surface area (Å²) < 4.78 is 1.38. The fourth-order valence-electron chi connectivity index (χ4n) is 2.99. The van der Waals surface area contributed by atoms with Gasteiger partial charge >= 0.3 is 5.97 Å². The fraction of sp³-hybridized carbons (Fsp3) is 0.375. The summed E-state index contributed by atoms with van der Waals surface area (Å²) in [7, 11) is 0. The van der Waals surface area contributed by atoms with Gasteiger partial charge in [0.1, 0.15) is 0 Å². The zero-order chi connectivity index (χ0) is 18.8. The Kier molecular flexibility index (Phi) is 4.65. The van der Waals surface area contributed by atoms with Crippen molar-refractivity contribution in [3.63, 3.8) is 0 Å². The Bertz CT molecular complexity index is 870. The molecule has 0 spiro atoms. The summed E-state index contributed by atoms with van der Waals surface area (Å²) in [5.41, 5.74) is 0.981. The average Bonchev–Trinajstić information content (AvgIpc) is 3.02. The van der Waals surface area contributed by atoms with Crippen molar-refractivity contribution in [1.29, 1.82) is 0 Å². The summed E-state index contributed by atoms with van der Waals surface area (Å²) in [6, 6.07) is 5.90. The molecule has 3 rings (SSSR count). The van der Waals surface area contributed by atoms with Crippen molar-refractivity contribution in [3.8, 4) is 5.69 Å². The van der Waals surface area contributed by atoms with Crippen LogP contribution in [0.2, 0.25) is 0 Å². The summed E-state index contributed by atoms with van der Waals surface area (Å²) in [5.74, 6) is -1.59. The second-order valence-corrected chi connectivity index (χ2v) is 6.12. The Balaban J connectivity index is 1.81. The molecule has 0 radical (unpaired) electrons. The van der Waals surface area contributed by atoms with Crippen molar-refractivity contribution in [2.45, 2.75) is 19.8 Å². The highest BCUT2D eigenvalue weighted by Gasteiger charge is 2.30. The highest BCUT2D eigenvalue weighted by atomic mass is 16.6. The summed E-state index contributed by atoms with van der Waals surface area (Å²) in [4.78, 5) is 35.7. The third-order valence-corrected chi connectivity index (χ3v) is 4.51. The van der Waals surface area contributed by atoms with Gasteiger partial charge in [0.15, 0.2) is 5.69 Å². The maximum atomic E-state index is 12.7. The molecule has 10 heteroatoms. The van der Waals surface area contributed by atoms with Crippen molar-refractivity contribution in [2.24, 2.45) is 5.92 Å². The van der Waals surface area contributed by atoms with Gasteiger partial charge in [-0.05, 0) is 25.8 Å². The van der Waals surface area contributed by atoms with Gasteiger partial charge in [0.25, 0.3) is 11.6 Å². The number of non-ortho nitro benzene ring substituents is 1. The molecule has 10 nitrogen and oxygen atoms in total. The largest absolute Gasteiger partial charge is 0.481 e. The number of aromatic nitrogens is 3. The van der Waals surface area contributed by atoms with Crippen LogP contribution in [0.3, 0.4) is 0 Å². The number of hydrogen-bond donors (Lipinski definition) is 1. The number of aliphatic carboxylic acids is 1. The molecule has 1 N–H and O–H groups in total. The number of rotatable bonds is 4. The van der Waals surface area contributed by atoms with Gasteiger partial charge in [0.2, 0.25) is 0 Å². The van der Waals surface area contributed by atoms with Crippen LogP contribution >= 0.6 is 0 Å². The number of hydrogen-bond acceptors (Lipinski definition) is 6. The van der Waals surface area contributed by atoms with E-state index in [4.69, 9.17) is 5.11 Å². The van der Waals surface area contributed by atoms with E-state index in [-0.39, 0.29) is 17.3 Å². The number of nitro groups is 1. The minimum atomic E-state index is -0.843. The van der Waals surface area contributed by atoms with Crippen LogP contribution in [0.1, 0.15) is 29.0 Å². The van der Waals surface area contributed by atoms with E-state index >= 15 is 0 Å².